The Hall–Kier alpha value is -2.91. The summed E-state index contributed by atoms with van der Waals surface area (Å²) < 4.78 is 7.22. The van der Waals surface area contributed by atoms with Gasteiger partial charge in [-0.05, 0) is 18.6 Å². The standard InChI is InChI=1S/C23H30N6O2S/c1-4-31-15-13-25-21-19-16-26-29(22(19)28-23(27-21)32-17(2)3)14-12-24-20(30)11-10-18-8-6-5-7-9-18/h5-11,16-17H,4,12-15H2,1-3H3,(H,24,30)(H,25,27,28)/b11-10-. The lowest BCUT2D eigenvalue weighted by Gasteiger charge is -2.11. The first-order chi connectivity index (χ1) is 15.6. The van der Waals surface area contributed by atoms with Crippen LogP contribution in [0.5, 0.6) is 0 Å². The fraction of sp³-hybridized carbons (Fsp3) is 0.391. The van der Waals surface area contributed by atoms with E-state index in [2.05, 4.69) is 34.6 Å². The van der Waals surface area contributed by atoms with Crippen LogP contribution in [-0.4, -0.2) is 57.2 Å². The molecule has 1 amide bonds. The Bertz CT molecular complexity index is 1040. The summed E-state index contributed by atoms with van der Waals surface area (Å²) in [5.41, 5.74) is 1.73. The Labute approximate surface area is 192 Å². The van der Waals surface area contributed by atoms with Gasteiger partial charge in [-0.3, -0.25) is 4.79 Å². The summed E-state index contributed by atoms with van der Waals surface area (Å²) in [6.07, 6.45) is 5.09. The van der Waals surface area contributed by atoms with Crippen molar-refractivity contribution in [3.8, 4) is 0 Å². The van der Waals surface area contributed by atoms with Gasteiger partial charge in [0.25, 0.3) is 0 Å². The van der Waals surface area contributed by atoms with Gasteiger partial charge >= 0.3 is 0 Å². The van der Waals surface area contributed by atoms with E-state index >= 15 is 0 Å². The molecule has 0 bridgehead atoms. The first-order valence-electron chi connectivity index (χ1n) is 10.8. The number of anilines is 1. The number of hydrogen-bond donors (Lipinski definition) is 2. The van der Waals surface area contributed by atoms with Crippen LogP contribution in [0.15, 0.2) is 47.8 Å². The molecule has 2 heterocycles. The van der Waals surface area contributed by atoms with Crippen LogP contribution in [0.4, 0.5) is 5.82 Å². The summed E-state index contributed by atoms with van der Waals surface area (Å²) in [7, 11) is 0. The molecule has 3 rings (SSSR count). The van der Waals surface area contributed by atoms with Gasteiger partial charge in [-0.1, -0.05) is 55.9 Å². The van der Waals surface area contributed by atoms with E-state index < -0.39 is 0 Å². The highest BCUT2D eigenvalue weighted by Crippen LogP contribution is 2.26. The molecule has 8 nitrogen and oxygen atoms in total. The minimum atomic E-state index is -0.144. The van der Waals surface area contributed by atoms with Gasteiger partial charge in [0.05, 0.1) is 24.7 Å². The lowest BCUT2D eigenvalue weighted by atomic mass is 10.2. The molecule has 2 aromatic heterocycles. The molecule has 0 spiro atoms. The van der Waals surface area contributed by atoms with Crippen molar-refractivity contribution >= 4 is 40.6 Å². The normalized spacial score (nSPS) is 11.5. The van der Waals surface area contributed by atoms with E-state index in [1.165, 1.54) is 6.08 Å². The fourth-order valence-electron chi connectivity index (χ4n) is 2.96. The monoisotopic (exact) mass is 454 g/mol. The quantitative estimate of drug-likeness (QED) is 0.187. The number of ether oxygens (including phenoxy) is 1. The average molecular weight is 455 g/mol. The van der Waals surface area contributed by atoms with Crippen LogP contribution >= 0.6 is 11.8 Å². The summed E-state index contributed by atoms with van der Waals surface area (Å²) >= 11 is 1.60. The van der Waals surface area contributed by atoms with Crippen LogP contribution < -0.4 is 10.6 Å². The lowest BCUT2D eigenvalue weighted by molar-refractivity contribution is -0.116. The second-order valence-electron chi connectivity index (χ2n) is 7.29. The molecule has 0 aliphatic carbocycles. The maximum absolute atomic E-state index is 12.1. The van der Waals surface area contributed by atoms with Gasteiger partial charge < -0.3 is 15.4 Å². The Kier molecular flexibility index (Phi) is 9.06. The first-order valence-corrected chi connectivity index (χ1v) is 11.7. The Morgan fingerprint density at radius 2 is 2.03 bits per heavy atom. The van der Waals surface area contributed by atoms with Crippen molar-refractivity contribution in [3.63, 3.8) is 0 Å². The van der Waals surface area contributed by atoms with Crippen LogP contribution in [0.1, 0.15) is 26.3 Å². The van der Waals surface area contributed by atoms with Crippen molar-refractivity contribution in [2.45, 2.75) is 37.7 Å². The maximum atomic E-state index is 12.1. The van der Waals surface area contributed by atoms with E-state index in [1.807, 2.05) is 37.3 Å². The number of fused-ring (bicyclic) bond motifs is 1. The summed E-state index contributed by atoms with van der Waals surface area (Å²) in [5, 5.41) is 12.6. The van der Waals surface area contributed by atoms with Crippen molar-refractivity contribution in [1.82, 2.24) is 25.1 Å². The van der Waals surface area contributed by atoms with E-state index in [9.17, 15) is 4.79 Å². The average Bonchev–Trinajstić information content (AvgIpc) is 3.18. The van der Waals surface area contributed by atoms with Crippen molar-refractivity contribution in [1.29, 1.82) is 0 Å². The van der Waals surface area contributed by atoms with Gasteiger partial charge in [0, 0.05) is 31.0 Å². The molecule has 9 heteroatoms. The third-order valence-electron chi connectivity index (χ3n) is 4.41. The summed E-state index contributed by atoms with van der Waals surface area (Å²) in [6, 6.07) is 9.72. The van der Waals surface area contributed by atoms with Gasteiger partial charge in [-0.2, -0.15) is 5.10 Å². The highest BCUT2D eigenvalue weighted by molar-refractivity contribution is 7.99. The fourth-order valence-corrected chi connectivity index (χ4v) is 3.67. The van der Waals surface area contributed by atoms with Crippen LogP contribution in [0, 0.1) is 0 Å². The number of nitrogens with zero attached hydrogens (tertiary/aromatic N) is 4. The molecule has 0 fully saturated rings. The molecule has 3 aromatic rings. The van der Waals surface area contributed by atoms with Crippen LogP contribution in [0.2, 0.25) is 0 Å². The largest absolute Gasteiger partial charge is 0.380 e. The molecular formula is C23H30N6O2S. The lowest BCUT2D eigenvalue weighted by Crippen LogP contribution is -2.25. The van der Waals surface area contributed by atoms with E-state index in [0.717, 1.165) is 22.4 Å². The van der Waals surface area contributed by atoms with Crippen molar-refractivity contribution in [2.24, 2.45) is 0 Å². The Balaban J connectivity index is 1.66. The van der Waals surface area contributed by atoms with Crippen LogP contribution in [-0.2, 0) is 16.1 Å². The van der Waals surface area contributed by atoms with Gasteiger partial charge in [0.2, 0.25) is 5.91 Å². The van der Waals surface area contributed by atoms with Crippen molar-refractivity contribution in [3.05, 3.63) is 48.2 Å². The maximum Gasteiger partial charge on any atom is 0.244 e. The van der Waals surface area contributed by atoms with Gasteiger partial charge in [0.1, 0.15) is 5.82 Å². The SMILES string of the molecule is CCOCCNc1nc(SC(C)C)nc2c1cnn2CCNC(=O)/C=C\c1ccccc1. The molecule has 0 aliphatic rings. The number of rotatable bonds is 12. The zero-order valence-electron chi connectivity index (χ0n) is 18.7. The molecule has 1 aromatic carbocycles. The zero-order chi connectivity index (χ0) is 22.8. The number of nitrogens with one attached hydrogen (secondary N) is 2. The number of carbonyl (C=O) groups excluding carboxylic acids is 1. The van der Waals surface area contributed by atoms with E-state index in [1.54, 1.807) is 28.7 Å². The zero-order valence-corrected chi connectivity index (χ0v) is 19.6. The molecule has 0 aliphatic heterocycles. The van der Waals surface area contributed by atoms with Crippen LogP contribution in [0.3, 0.4) is 0 Å². The number of thioether (sulfide) groups is 1. The van der Waals surface area contributed by atoms with Crippen LogP contribution in [0.25, 0.3) is 17.1 Å². The second-order valence-corrected chi connectivity index (χ2v) is 8.83. The molecule has 0 saturated carbocycles. The number of amides is 1. The predicted molar refractivity (Wildman–Crippen MR) is 130 cm³/mol. The topological polar surface area (TPSA) is 94.0 Å². The van der Waals surface area contributed by atoms with Gasteiger partial charge in [0.15, 0.2) is 10.8 Å². The highest BCUT2D eigenvalue weighted by atomic mass is 32.2. The molecule has 0 saturated heterocycles. The molecule has 170 valence electrons. The Morgan fingerprint density at radius 3 is 2.78 bits per heavy atom. The minimum absolute atomic E-state index is 0.144. The van der Waals surface area contributed by atoms with Crippen molar-refractivity contribution in [2.75, 3.05) is 31.6 Å². The number of benzene rings is 1. The Morgan fingerprint density at radius 1 is 1.22 bits per heavy atom. The highest BCUT2D eigenvalue weighted by Gasteiger charge is 2.14. The number of carbonyl (C=O) groups is 1. The molecule has 2 N–H and O–H groups in total. The number of hydrogen-bond acceptors (Lipinski definition) is 7. The second kappa shape index (κ2) is 12.2. The van der Waals surface area contributed by atoms with E-state index in [-0.39, 0.29) is 5.91 Å². The molecule has 32 heavy (non-hydrogen) atoms. The van der Waals surface area contributed by atoms with Gasteiger partial charge in [-0.25, -0.2) is 14.6 Å². The third kappa shape index (κ3) is 7.06. The van der Waals surface area contributed by atoms with Gasteiger partial charge in [-0.15, -0.1) is 0 Å². The summed E-state index contributed by atoms with van der Waals surface area (Å²) in [4.78, 5) is 21.5. The molecular weight excluding hydrogens is 424 g/mol. The first kappa shape index (κ1) is 23.7. The smallest absolute Gasteiger partial charge is 0.244 e. The minimum Gasteiger partial charge on any atom is -0.380 e. The van der Waals surface area contributed by atoms with Crippen molar-refractivity contribution < 1.29 is 9.53 Å². The molecule has 0 radical (unpaired) electrons. The van der Waals surface area contributed by atoms with E-state index in [4.69, 9.17) is 9.72 Å². The summed E-state index contributed by atoms with van der Waals surface area (Å²) in [6.45, 7) is 9.08. The molecule has 0 atom stereocenters. The van der Waals surface area contributed by atoms with E-state index in [0.29, 0.717) is 43.3 Å². The molecule has 0 unspecified atom stereocenters. The summed E-state index contributed by atoms with van der Waals surface area (Å²) in [5.74, 6) is 0.605. The predicted octanol–water partition coefficient (Wildman–Crippen LogP) is 3.60. The number of aromatic nitrogens is 4. The third-order valence-corrected chi connectivity index (χ3v) is 5.27.